The summed E-state index contributed by atoms with van der Waals surface area (Å²) in [7, 11) is 0. The fraction of sp³-hybridized carbons (Fsp3) is 0.556. The van der Waals surface area contributed by atoms with Crippen molar-refractivity contribution < 1.29 is 18.7 Å². The van der Waals surface area contributed by atoms with E-state index < -0.39 is 17.5 Å². The average Bonchev–Trinajstić information content (AvgIpc) is 2.49. The molecule has 1 fully saturated rings. The Labute approximate surface area is 157 Å². The molecule has 0 aromatic heterocycles. The van der Waals surface area contributed by atoms with Crippen molar-refractivity contribution in [1.82, 2.24) is 16.0 Å². The predicted octanol–water partition coefficient (Wildman–Crippen LogP) is 2.74. The molecule has 0 atom stereocenters. The summed E-state index contributed by atoms with van der Waals surface area (Å²) in [4.78, 5) is 23.5. The van der Waals surface area contributed by atoms with Gasteiger partial charge in [-0.25, -0.2) is 9.18 Å². The Morgan fingerprint density at radius 1 is 1.27 bits per heavy atom. The number of nitrogens with one attached hydrogen (secondary N) is 3. The summed E-state index contributed by atoms with van der Waals surface area (Å²) >= 11 is 5.70. The van der Waals surface area contributed by atoms with Gasteiger partial charge in [0.1, 0.15) is 11.4 Å². The maximum absolute atomic E-state index is 13.7. The number of alkyl carbamates (subject to hydrolysis) is 1. The van der Waals surface area contributed by atoms with Gasteiger partial charge in [0.05, 0.1) is 11.6 Å². The fourth-order valence-electron chi connectivity index (χ4n) is 2.55. The lowest BCUT2D eigenvalue weighted by Crippen LogP contribution is -2.54. The van der Waals surface area contributed by atoms with Crippen LogP contribution in [0, 0.1) is 5.82 Å². The molecule has 1 aliphatic carbocycles. The third-order valence-electron chi connectivity index (χ3n) is 3.92. The van der Waals surface area contributed by atoms with Crippen LogP contribution in [-0.2, 0) is 16.1 Å². The molecule has 8 heteroatoms. The Morgan fingerprint density at radius 2 is 1.96 bits per heavy atom. The van der Waals surface area contributed by atoms with Crippen LogP contribution in [-0.4, -0.2) is 36.2 Å². The van der Waals surface area contributed by atoms with E-state index in [0.29, 0.717) is 5.56 Å². The van der Waals surface area contributed by atoms with Crippen molar-refractivity contribution in [1.29, 1.82) is 0 Å². The molecule has 2 rings (SSSR count). The molecule has 2 amide bonds. The molecule has 6 nitrogen and oxygen atoms in total. The highest BCUT2D eigenvalue weighted by atomic mass is 35.5. The number of carbonyl (C=O) groups is 2. The van der Waals surface area contributed by atoms with Gasteiger partial charge in [0, 0.05) is 24.2 Å². The third kappa shape index (κ3) is 6.46. The van der Waals surface area contributed by atoms with Crippen molar-refractivity contribution >= 4 is 23.6 Å². The van der Waals surface area contributed by atoms with Crippen LogP contribution < -0.4 is 16.0 Å². The van der Waals surface area contributed by atoms with Gasteiger partial charge in [-0.05, 0) is 39.7 Å². The van der Waals surface area contributed by atoms with Gasteiger partial charge in [0.2, 0.25) is 5.91 Å². The summed E-state index contributed by atoms with van der Waals surface area (Å²) in [5.41, 5.74) is -0.178. The summed E-state index contributed by atoms with van der Waals surface area (Å²) in [6.45, 7) is 5.65. The van der Waals surface area contributed by atoms with Gasteiger partial charge in [-0.3, -0.25) is 4.79 Å². The number of ether oxygens (including phenoxy) is 1. The first-order valence-electron chi connectivity index (χ1n) is 8.56. The predicted molar refractivity (Wildman–Crippen MR) is 97.4 cm³/mol. The molecule has 26 heavy (non-hydrogen) atoms. The van der Waals surface area contributed by atoms with Crippen LogP contribution in [0.5, 0.6) is 0 Å². The number of hydrogen-bond donors (Lipinski definition) is 3. The first kappa shape index (κ1) is 20.5. The molecule has 1 aliphatic rings. The molecule has 0 radical (unpaired) electrons. The van der Waals surface area contributed by atoms with E-state index in [9.17, 15) is 14.0 Å². The topological polar surface area (TPSA) is 79.5 Å². The molecule has 1 aromatic carbocycles. The monoisotopic (exact) mass is 385 g/mol. The molecule has 0 heterocycles. The number of halogens is 2. The Bertz CT molecular complexity index is 658. The Morgan fingerprint density at radius 3 is 2.62 bits per heavy atom. The molecular formula is C18H25ClFN3O3. The van der Waals surface area contributed by atoms with E-state index >= 15 is 0 Å². The summed E-state index contributed by atoms with van der Waals surface area (Å²) < 4.78 is 18.9. The van der Waals surface area contributed by atoms with E-state index in [1.165, 1.54) is 6.07 Å². The molecular weight excluding hydrogens is 361 g/mol. The zero-order valence-electron chi connectivity index (χ0n) is 15.2. The van der Waals surface area contributed by atoms with Gasteiger partial charge in [-0.1, -0.05) is 23.7 Å². The lowest BCUT2D eigenvalue weighted by molar-refractivity contribution is -0.120. The van der Waals surface area contributed by atoms with E-state index in [1.54, 1.807) is 12.1 Å². The second-order valence-electron chi connectivity index (χ2n) is 7.38. The van der Waals surface area contributed by atoms with E-state index in [-0.39, 0.29) is 36.1 Å². The minimum Gasteiger partial charge on any atom is -0.444 e. The molecule has 1 saturated carbocycles. The van der Waals surface area contributed by atoms with Crippen LogP contribution in [0.25, 0.3) is 0 Å². The number of amides is 2. The Hall–Kier alpha value is -1.86. The van der Waals surface area contributed by atoms with Crippen LogP contribution in [0.1, 0.15) is 39.2 Å². The van der Waals surface area contributed by atoms with Crippen molar-refractivity contribution in [2.45, 2.75) is 57.8 Å². The molecule has 1 aromatic rings. The van der Waals surface area contributed by atoms with Gasteiger partial charge in [-0.2, -0.15) is 0 Å². The zero-order chi connectivity index (χ0) is 19.3. The van der Waals surface area contributed by atoms with E-state index in [0.717, 1.165) is 12.8 Å². The quantitative estimate of drug-likeness (QED) is 0.703. The SMILES string of the molecule is CC(C)(C)OC(=O)N[C@H]1C[C@H](NCC(=O)NCc2cccc(Cl)c2F)C1. The summed E-state index contributed by atoms with van der Waals surface area (Å²) in [6, 6.07) is 4.88. The third-order valence-corrected chi connectivity index (χ3v) is 4.21. The molecule has 0 aliphatic heterocycles. The van der Waals surface area contributed by atoms with Gasteiger partial charge in [0.25, 0.3) is 0 Å². The van der Waals surface area contributed by atoms with Crippen molar-refractivity contribution in [2.24, 2.45) is 0 Å². The molecule has 3 N–H and O–H groups in total. The summed E-state index contributed by atoms with van der Waals surface area (Å²) in [5.74, 6) is -0.745. The maximum atomic E-state index is 13.7. The minimum atomic E-state index is -0.522. The highest BCUT2D eigenvalue weighted by molar-refractivity contribution is 6.30. The lowest BCUT2D eigenvalue weighted by Gasteiger charge is -2.36. The van der Waals surface area contributed by atoms with Gasteiger partial charge in [0.15, 0.2) is 0 Å². The summed E-state index contributed by atoms with van der Waals surface area (Å²) in [6.07, 6.45) is 1.03. The minimum absolute atomic E-state index is 0.0351. The van der Waals surface area contributed by atoms with Crippen LogP contribution >= 0.6 is 11.6 Å². The first-order valence-corrected chi connectivity index (χ1v) is 8.94. The average molecular weight is 386 g/mol. The fourth-order valence-corrected chi connectivity index (χ4v) is 2.75. The van der Waals surface area contributed by atoms with Crippen molar-refractivity contribution in [3.63, 3.8) is 0 Å². The molecule has 0 unspecified atom stereocenters. The van der Waals surface area contributed by atoms with Crippen LogP contribution in [0.15, 0.2) is 18.2 Å². The highest BCUT2D eigenvalue weighted by Gasteiger charge is 2.31. The number of benzene rings is 1. The number of rotatable bonds is 6. The number of hydrogen-bond acceptors (Lipinski definition) is 4. The van der Waals surface area contributed by atoms with Gasteiger partial charge in [-0.15, -0.1) is 0 Å². The lowest BCUT2D eigenvalue weighted by atomic mass is 9.87. The van der Waals surface area contributed by atoms with Crippen molar-refractivity contribution in [3.8, 4) is 0 Å². The molecule has 144 valence electrons. The van der Waals surface area contributed by atoms with E-state index in [1.807, 2.05) is 20.8 Å². The molecule has 0 saturated heterocycles. The Kier molecular flexibility index (Phi) is 6.83. The largest absolute Gasteiger partial charge is 0.444 e. The maximum Gasteiger partial charge on any atom is 0.407 e. The van der Waals surface area contributed by atoms with Crippen molar-refractivity contribution in [2.75, 3.05) is 6.54 Å². The second-order valence-corrected chi connectivity index (χ2v) is 7.79. The molecule has 0 spiro atoms. The van der Waals surface area contributed by atoms with E-state index in [4.69, 9.17) is 16.3 Å². The molecule has 0 bridgehead atoms. The van der Waals surface area contributed by atoms with Crippen LogP contribution in [0.2, 0.25) is 5.02 Å². The van der Waals surface area contributed by atoms with E-state index in [2.05, 4.69) is 16.0 Å². The van der Waals surface area contributed by atoms with Crippen LogP contribution in [0.3, 0.4) is 0 Å². The van der Waals surface area contributed by atoms with Gasteiger partial charge < -0.3 is 20.7 Å². The standard InChI is InChI=1S/C18H25ClFN3O3/c1-18(2,3)26-17(25)23-13-7-12(8-13)21-10-15(24)22-9-11-5-4-6-14(19)16(11)20/h4-6,12-13,21H,7-10H2,1-3H3,(H,22,24)(H,23,25)/t12-,13-. The first-order chi connectivity index (χ1) is 12.1. The van der Waals surface area contributed by atoms with Crippen LogP contribution in [0.4, 0.5) is 9.18 Å². The zero-order valence-corrected chi connectivity index (χ0v) is 16.0. The van der Waals surface area contributed by atoms with Gasteiger partial charge >= 0.3 is 6.09 Å². The number of carbonyl (C=O) groups excluding carboxylic acids is 2. The van der Waals surface area contributed by atoms with Crippen molar-refractivity contribution in [3.05, 3.63) is 34.6 Å². The second kappa shape index (κ2) is 8.68. The highest BCUT2D eigenvalue weighted by Crippen LogP contribution is 2.20. The normalized spacial score (nSPS) is 19.4. The smallest absolute Gasteiger partial charge is 0.407 e. The summed E-state index contributed by atoms with van der Waals surface area (Å²) in [5, 5.41) is 8.59. The Balaban J connectivity index is 1.61.